The summed E-state index contributed by atoms with van der Waals surface area (Å²) >= 11 is 3.20. The van der Waals surface area contributed by atoms with Gasteiger partial charge < -0.3 is 4.90 Å². The Hall–Kier alpha value is -1.34. The molecule has 2 aromatic heterocycles. The van der Waals surface area contributed by atoms with Crippen LogP contribution in [0.1, 0.15) is 55.3 Å². The van der Waals surface area contributed by atoms with Gasteiger partial charge in [-0.2, -0.15) is 0 Å². The minimum atomic E-state index is -0.154. The highest BCUT2D eigenvalue weighted by atomic mass is 32.2. The maximum Gasteiger partial charge on any atom is 0.236 e. The van der Waals surface area contributed by atoms with Crippen LogP contribution in [0.2, 0.25) is 0 Å². The summed E-state index contributed by atoms with van der Waals surface area (Å²) in [5.74, 6) is 1.73. The molecule has 2 fully saturated rings. The number of likely N-dealkylation sites (tertiary alicyclic amines) is 1. The molecule has 2 aliphatic rings. The van der Waals surface area contributed by atoms with Crippen molar-refractivity contribution >= 4 is 29.0 Å². The molecular weight excluding hydrogens is 328 g/mol. The second-order valence-electron chi connectivity index (χ2n) is 6.24. The van der Waals surface area contributed by atoms with Crippen molar-refractivity contribution in [3.8, 4) is 0 Å². The molecule has 0 aromatic carbocycles. The fourth-order valence-electron chi connectivity index (χ4n) is 3.10. The highest BCUT2D eigenvalue weighted by Gasteiger charge is 2.34. The number of nitrogens with one attached hydrogen (secondary N) is 1. The average Bonchev–Trinajstić information content (AvgIpc) is 3.01. The number of carbonyl (C=O) groups is 1. The van der Waals surface area contributed by atoms with Gasteiger partial charge in [0.05, 0.1) is 11.3 Å². The molecule has 1 aliphatic heterocycles. The molecule has 1 amide bonds. The van der Waals surface area contributed by atoms with Crippen LogP contribution < -0.4 is 0 Å². The van der Waals surface area contributed by atoms with E-state index in [0.717, 1.165) is 25.2 Å². The van der Waals surface area contributed by atoms with Crippen LogP contribution in [0.15, 0.2) is 22.7 Å². The van der Waals surface area contributed by atoms with Gasteiger partial charge >= 0.3 is 0 Å². The topological polar surface area (TPSA) is 61.9 Å². The Morgan fingerprint density at radius 2 is 2.35 bits per heavy atom. The molecule has 0 spiro atoms. The van der Waals surface area contributed by atoms with Crippen LogP contribution in [-0.2, 0) is 4.79 Å². The van der Waals surface area contributed by atoms with E-state index in [4.69, 9.17) is 0 Å². The predicted molar refractivity (Wildman–Crippen MR) is 91.7 cm³/mol. The Labute approximate surface area is 143 Å². The van der Waals surface area contributed by atoms with E-state index in [1.165, 1.54) is 29.5 Å². The van der Waals surface area contributed by atoms with Gasteiger partial charge in [0, 0.05) is 17.3 Å². The van der Waals surface area contributed by atoms with Gasteiger partial charge in [-0.05, 0) is 44.1 Å². The second-order valence-corrected chi connectivity index (χ2v) is 8.53. The Morgan fingerprint density at radius 3 is 3.09 bits per heavy atom. The molecule has 2 aromatic rings. The van der Waals surface area contributed by atoms with E-state index in [0.29, 0.717) is 11.1 Å². The van der Waals surface area contributed by atoms with Crippen LogP contribution >= 0.6 is 23.1 Å². The van der Waals surface area contributed by atoms with E-state index in [2.05, 4.69) is 32.7 Å². The summed E-state index contributed by atoms with van der Waals surface area (Å²) in [6.45, 7) is 2.82. The minimum Gasteiger partial charge on any atom is -0.334 e. The summed E-state index contributed by atoms with van der Waals surface area (Å²) in [5, 5.41) is 9.89. The number of thioether (sulfide) groups is 1. The molecule has 1 aliphatic carbocycles. The van der Waals surface area contributed by atoms with Gasteiger partial charge in [0.2, 0.25) is 11.1 Å². The van der Waals surface area contributed by atoms with Crippen LogP contribution in [-0.4, -0.2) is 37.8 Å². The average molecular weight is 348 g/mol. The highest BCUT2D eigenvalue weighted by Crippen LogP contribution is 2.39. The fraction of sp³-hybridized carbons (Fsp3) is 0.562. The predicted octanol–water partition coefficient (Wildman–Crippen LogP) is 3.59. The van der Waals surface area contributed by atoms with Crippen molar-refractivity contribution in [2.24, 2.45) is 0 Å². The van der Waals surface area contributed by atoms with Gasteiger partial charge in [-0.25, -0.2) is 4.98 Å². The van der Waals surface area contributed by atoms with E-state index < -0.39 is 0 Å². The lowest BCUT2D eigenvalue weighted by Crippen LogP contribution is -2.35. The first kappa shape index (κ1) is 15.2. The summed E-state index contributed by atoms with van der Waals surface area (Å²) in [6.07, 6.45) is 4.54. The lowest BCUT2D eigenvalue weighted by atomic mass is 10.2. The zero-order chi connectivity index (χ0) is 15.8. The molecule has 122 valence electrons. The number of aromatic nitrogens is 3. The monoisotopic (exact) mass is 348 g/mol. The molecule has 23 heavy (non-hydrogen) atoms. The van der Waals surface area contributed by atoms with Crippen molar-refractivity contribution in [2.75, 3.05) is 6.54 Å². The molecule has 7 heteroatoms. The van der Waals surface area contributed by atoms with E-state index in [-0.39, 0.29) is 17.2 Å². The molecule has 0 radical (unpaired) electrons. The standard InChI is InChI=1S/C16H20N4OS2/c1-10(23-16-17-14(18-19-16)11-6-7-11)15(21)20-8-2-4-12(20)13-5-3-9-22-13/h3,5,9-12H,2,4,6-8H2,1H3,(H,17,18,19)/t10-,12+/m0/s1. The number of rotatable bonds is 5. The molecule has 1 N–H and O–H groups in total. The summed E-state index contributed by atoms with van der Waals surface area (Å²) in [4.78, 5) is 20.7. The first-order valence-corrected chi connectivity index (χ1v) is 9.91. The van der Waals surface area contributed by atoms with Gasteiger partial charge in [0.15, 0.2) is 0 Å². The number of nitrogens with zero attached hydrogens (tertiary/aromatic N) is 3. The maximum absolute atomic E-state index is 12.9. The molecule has 0 unspecified atom stereocenters. The summed E-state index contributed by atoms with van der Waals surface area (Å²) in [6, 6.07) is 4.45. The zero-order valence-corrected chi connectivity index (χ0v) is 14.7. The van der Waals surface area contributed by atoms with Crippen molar-refractivity contribution in [3.63, 3.8) is 0 Å². The fourth-order valence-corrected chi connectivity index (χ4v) is 4.77. The van der Waals surface area contributed by atoms with Gasteiger partial charge in [-0.15, -0.1) is 16.4 Å². The van der Waals surface area contributed by atoms with Crippen molar-refractivity contribution in [1.82, 2.24) is 20.1 Å². The van der Waals surface area contributed by atoms with E-state index in [9.17, 15) is 4.79 Å². The number of carbonyl (C=O) groups excluding carboxylic acids is 1. The number of amides is 1. The normalized spacial score (nSPS) is 22.5. The Balaban J connectivity index is 1.42. The van der Waals surface area contributed by atoms with Crippen molar-refractivity contribution in [1.29, 1.82) is 0 Å². The van der Waals surface area contributed by atoms with Gasteiger partial charge in [0.1, 0.15) is 5.82 Å². The van der Waals surface area contributed by atoms with Crippen molar-refractivity contribution in [3.05, 3.63) is 28.2 Å². The summed E-state index contributed by atoms with van der Waals surface area (Å²) < 4.78 is 0. The lowest BCUT2D eigenvalue weighted by molar-refractivity contribution is -0.131. The first-order chi connectivity index (χ1) is 11.2. The van der Waals surface area contributed by atoms with E-state index in [1.807, 2.05) is 11.8 Å². The van der Waals surface area contributed by atoms with Gasteiger partial charge in [0.25, 0.3) is 0 Å². The molecule has 3 heterocycles. The van der Waals surface area contributed by atoms with Crippen LogP contribution in [0.4, 0.5) is 0 Å². The molecule has 2 atom stereocenters. The number of H-pyrrole nitrogens is 1. The third-order valence-electron chi connectivity index (χ3n) is 4.48. The van der Waals surface area contributed by atoms with Crippen LogP contribution in [0.25, 0.3) is 0 Å². The quantitative estimate of drug-likeness (QED) is 0.839. The zero-order valence-electron chi connectivity index (χ0n) is 13.1. The van der Waals surface area contributed by atoms with Crippen molar-refractivity contribution in [2.45, 2.75) is 55.0 Å². The molecular formula is C16H20N4OS2. The smallest absolute Gasteiger partial charge is 0.236 e. The molecule has 5 nitrogen and oxygen atoms in total. The largest absolute Gasteiger partial charge is 0.334 e. The number of hydrogen-bond acceptors (Lipinski definition) is 5. The Bertz CT molecular complexity index is 680. The maximum atomic E-state index is 12.9. The third kappa shape index (κ3) is 3.17. The summed E-state index contributed by atoms with van der Waals surface area (Å²) in [5.41, 5.74) is 0. The van der Waals surface area contributed by atoms with Crippen molar-refractivity contribution < 1.29 is 4.79 Å². The molecule has 0 bridgehead atoms. The molecule has 1 saturated heterocycles. The SMILES string of the molecule is C[C@H](Sc1n[nH]c(C2CC2)n1)C(=O)N1CCC[C@@H]1c1cccs1. The van der Waals surface area contributed by atoms with Crippen LogP contribution in [0.5, 0.6) is 0 Å². The van der Waals surface area contributed by atoms with E-state index in [1.54, 1.807) is 11.3 Å². The third-order valence-corrected chi connectivity index (χ3v) is 6.41. The first-order valence-electron chi connectivity index (χ1n) is 8.15. The number of thiophene rings is 1. The minimum absolute atomic E-state index is 0.154. The van der Waals surface area contributed by atoms with Gasteiger partial charge in [-0.1, -0.05) is 17.8 Å². The van der Waals surface area contributed by atoms with Crippen LogP contribution in [0, 0.1) is 0 Å². The summed E-state index contributed by atoms with van der Waals surface area (Å²) in [7, 11) is 0. The lowest BCUT2D eigenvalue weighted by Gasteiger charge is -2.26. The number of aromatic amines is 1. The van der Waals surface area contributed by atoms with Gasteiger partial charge in [-0.3, -0.25) is 9.89 Å². The highest BCUT2D eigenvalue weighted by molar-refractivity contribution is 8.00. The van der Waals surface area contributed by atoms with Crippen LogP contribution in [0.3, 0.4) is 0 Å². The second kappa shape index (κ2) is 6.28. The molecule has 1 saturated carbocycles. The Morgan fingerprint density at radius 1 is 1.48 bits per heavy atom. The molecule has 4 rings (SSSR count). The Kier molecular flexibility index (Phi) is 4.15. The number of hydrogen-bond donors (Lipinski definition) is 1. The van der Waals surface area contributed by atoms with E-state index >= 15 is 0 Å².